The fourth-order valence-electron chi connectivity index (χ4n) is 3.49. The van der Waals surface area contributed by atoms with Gasteiger partial charge in [-0.2, -0.15) is 0 Å². The van der Waals surface area contributed by atoms with E-state index in [0.29, 0.717) is 28.1 Å². The molecule has 0 unspecified atom stereocenters. The molecule has 0 saturated heterocycles. The molecule has 0 spiro atoms. The monoisotopic (exact) mass is 497 g/mol. The van der Waals surface area contributed by atoms with Crippen molar-refractivity contribution in [3.8, 4) is 18.1 Å². The first kappa shape index (κ1) is 22.3. The molecule has 0 amide bonds. The van der Waals surface area contributed by atoms with Crippen LogP contribution >= 0.6 is 15.9 Å². The molecule has 0 aliphatic heterocycles. The molecule has 4 nitrogen and oxygen atoms in total. The Bertz CT molecular complexity index is 1400. The van der Waals surface area contributed by atoms with Crippen LogP contribution in [-0.2, 0) is 0 Å². The van der Waals surface area contributed by atoms with Crippen LogP contribution in [0, 0.1) is 19.3 Å². The van der Waals surface area contributed by atoms with Crippen molar-refractivity contribution in [1.29, 1.82) is 0 Å². The maximum absolute atomic E-state index is 13.2. The number of carbonyl (C=O) groups excluding carboxylic acids is 2. The zero-order valence-corrected chi connectivity index (χ0v) is 19.5. The lowest BCUT2D eigenvalue weighted by molar-refractivity contribution is 0.103. The fourth-order valence-corrected chi connectivity index (χ4v) is 3.75. The van der Waals surface area contributed by atoms with Gasteiger partial charge in [-0.1, -0.05) is 40.1 Å². The number of allylic oxidation sites excluding steroid dienone is 1. The van der Waals surface area contributed by atoms with E-state index in [-0.39, 0.29) is 18.2 Å². The molecule has 33 heavy (non-hydrogen) atoms. The van der Waals surface area contributed by atoms with E-state index in [1.807, 2.05) is 49.5 Å². The molecule has 2 heterocycles. The molecule has 0 aliphatic carbocycles. The predicted octanol–water partition coefficient (Wildman–Crippen LogP) is 6.15. The number of ether oxygens (including phenoxy) is 1. The number of fused-ring (bicyclic) bond motifs is 1. The van der Waals surface area contributed by atoms with Gasteiger partial charge in [-0.25, -0.2) is 0 Å². The zero-order chi connectivity index (χ0) is 23.4. The summed E-state index contributed by atoms with van der Waals surface area (Å²) in [6.45, 7) is 2.16. The molecule has 2 aromatic heterocycles. The van der Waals surface area contributed by atoms with Gasteiger partial charge in [0.05, 0.1) is 11.2 Å². The van der Waals surface area contributed by atoms with Crippen LogP contribution < -0.4 is 4.74 Å². The Balaban J connectivity index is 1.66. The Labute approximate surface area is 200 Å². The number of rotatable bonds is 7. The molecule has 0 radical (unpaired) electrons. The predicted molar refractivity (Wildman–Crippen MR) is 134 cm³/mol. The second-order valence-corrected chi connectivity index (χ2v) is 8.41. The summed E-state index contributed by atoms with van der Waals surface area (Å²) >= 11 is 3.39. The molecule has 0 fully saturated rings. The Morgan fingerprint density at radius 1 is 1.06 bits per heavy atom. The standard InChI is InChI=1S/C28H20BrNO3/c1-3-16-33-23-11-4-20(5-12-23)6-13-27(31)24-18-26(30-15-14-19(2)17-25(24)30)28(32)21-7-9-22(29)10-8-21/h1,4-15,17-18H,16H2,2H3/b13-6+. The molecular weight excluding hydrogens is 478 g/mol. The number of nitrogens with zero attached hydrogens (tertiary/aromatic N) is 1. The quantitative estimate of drug-likeness (QED) is 0.175. The van der Waals surface area contributed by atoms with Crippen LogP contribution in [0.15, 0.2) is 83.5 Å². The van der Waals surface area contributed by atoms with Gasteiger partial charge in [-0.15, -0.1) is 6.42 Å². The summed E-state index contributed by atoms with van der Waals surface area (Å²) in [6.07, 6.45) is 10.3. The van der Waals surface area contributed by atoms with Gasteiger partial charge < -0.3 is 9.14 Å². The van der Waals surface area contributed by atoms with Crippen LogP contribution in [0.4, 0.5) is 0 Å². The van der Waals surface area contributed by atoms with Crippen molar-refractivity contribution >= 4 is 39.1 Å². The van der Waals surface area contributed by atoms with Gasteiger partial charge >= 0.3 is 0 Å². The first-order valence-electron chi connectivity index (χ1n) is 10.3. The Morgan fingerprint density at radius 2 is 1.79 bits per heavy atom. The van der Waals surface area contributed by atoms with Gasteiger partial charge in [0.1, 0.15) is 12.4 Å². The third kappa shape index (κ3) is 4.97. The molecule has 5 heteroatoms. The van der Waals surface area contributed by atoms with Crippen molar-refractivity contribution in [2.75, 3.05) is 6.61 Å². The Kier molecular flexibility index (Phi) is 6.58. The van der Waals surface area contributed by atoms with E-state index in [0.717, 1.165) is 15.6 Å². The topological polar surface area (TPSA) is 47.8 Å². The van der Waals surface area contributed by atoms with Crippen molar-refractivity contribution < 1.29 is 14.3 Å². The SMILES string of the molecule is C#CCOc1ccc(/C=C/C(=O)c2cc(C(=O)c3ccc(Br)cc3)n3ccc(C)cc23)cc1. The van der Waals surface area contributed by atoms with Gasteiger partial charge in [-0.05, 0) is 78.7 Å². The minimum Gasteiger partial charge on any atom is -0.481 e. The smallest absolute Gasteiger partial charge is 0.209 e. The van der Waals surface area contributed by atoms with Crippen molar-refractivity contribution in [2.45, 2.75) is 6.92 Å². The first-order chi connectivity index (χ1) is 16.0. The van der Waals surface area contributed by atoms with Crippen LogP contribution in [0.1, 0.15) is 37.5 Å². The highest BCUT2D eigenvalue weighted by Gasteiger charge is 2.19. The number of hydrogen-bond acceptors (Lipinski definition) is 3. The molecule has 0 aliphatic rings. The van der Waals surface area contributed by atoms with E-state index in [2.05, 4.69) is 21.9 Å². The molecule has 4 rings (SSSR count). The number of aromatic nitrogens is 1. The summed E-state index contributed by atoms with van der Waals surface area (Å²) in [5.41, 5.74) is 4.03. The normalized spacial score (nSPS) is 10.9. The lowest BCUT2D eigenvalue weighted by atomic mass is 10.1. The average molecular weight is 498 g/mol. The van der Waals surface area contributed by atoms with E-state index >= 15 is 0 Å². The number of hydrogen-bond donors (Lipinski definition) is 0. The van der Waals surface area contributed by atoms with Crippen LogP contribution in [-0.4, -0.2) is 22.6 Å². The minimum absolute atomic E-state index is 0.146. The summed E-state index contributed by atoms with van der Waals surface area (Å²) in [5, 5.41) is 0. The minimum atomic E-state index is -0.180. The number of carbonyl (C=O) groups is 2. The second-order valence-electron chi connectivity index (χ2n) is 7.50. The van der Waals surface area contributed by atoms with Gasteiger partial charge in [0.15, 0.2) is 5.78 Å². The van der Waals surface area contributed by atoms with Gasteiger partial charge in [0, 0.05) is 21.8 Å². The molecule has 2 aromatic carbocycles. The highest BCUT2D eigenvalue weighted by atomic mass is 79.9. The Hall–Kier alpha value is -3.88. The highest BCUT2D eigenvalue weighted by Crippen LogP contribution is 2.23. The van der Waals surface area contributed by atoms with E-state index in [4.69, 9.17) is 11.2 Å². The summed E-state index contributed by atoms with van der Waals surface area (Å²) < 4.78 is 8.04. The number of aryl methyl sites for hydroxylation is 1. The third-order valence-electron chi connectivity index (χ3n) is 5.16. The van der Waals surface area contributed by atoms with E-state index in [1.165, 1.54) is 6.08 Å². The van der Waals surface area contributed by atoms with Gasteiger partial charge in [0.2, 0.25) is 5.78 Å². The zero-order valence-electron chi connectivity index (χ0n) is 17.9. The van der Waals surface area contributed by atoms with Crippen molar-refractivity contribution in [3.05, 3.63) is 111 Å². The summed E-state index contributed by atoms with van der Waals surface area (Å²) in [4.78, 5) is 26.3. The van der Waals surface area contributed by atoms with Crippen molar-refractivity contribution in [2.24, 2.45) is 0 Å². The number of benzene rings is 2. The highest BCUT2D eigenvalue weighted by molar-refractivity contribution is 9.10. The third-order valence-corrected chi connectivity index (χ3v) is 5.69. The maximum Gasteiger partial charge on any atom is 0.209 e. The average Bonchev–Trinajstić information content (AvgIpc) is 3.20. The summed E-state index contributed by atoms with van der Waals surface area (Å²) in [6, 6.07) is 20.0. The molecule has 162 valence electrons. The lowest BCUT2D eigenvalue weighted by Gasteiger charge is -2.04. The van der Waals surface area contributed by atoms with Crippen LogP contribution in [0.25, 0.3) is 11.6 Å². The lowest BCUT2D eigenvalue weighted by Crippen LogP contribution is -2.04. The number of ketones is 2. The largest absolute Gasteiger partial charge is 0.481 e. The van der Waals surface area contributed by atoms with Crippen LogP contribution in [0.5, 0.6) is 5.75 Å². The fraction of sp³-hybridized carbons (Fsp3) is 0.0714. The summed E-state index contributed by atoms with van der Waals surface area (Å²) in [5.74, 6) is 2.76. The van der Waals surface area contributed by atoms with Crippen LogP contribution in [0.2, 0.25) is 0 Å². The number of halogens is 1. The molecule has 0 N–H and O–H groups in total. The van der Waals surface area contributed by atoms with Crippen molar-refractivity contribution in [3.63, 3.8) is 0 Å². The van der Waals surface area contributed by atoms with Crippen molar-refractivity contribution in [1.82, 2.24) is 4.40 Å². The van der Waals surface area contributed by atoms with E-state index in [1.54, 1.807) is 40.8 Å². The van der Waals surface area contributed by atoms with Crippen LogP contribution in [0.3, 0.4) is 0 Å². The number of pyridine rings is 1. The van der Waals surface area contributed by atoms with E-state index in [9.17, 15) is 9.59 Å². The van der Waals surface area contributed by atoms with Gasteiger partial charge in [-0.3, -0.25) is 9.59 Å². The number of terminal acetylenes is 1. The Morgan fingerprint density at radius 3 is 2.48 bits per heavy atom. The molecule has 0 atom stereocenters. The summed E-state index contributed by atoms with van der Waals surface area (Å²) in [7, 11) is 0. The second kappa shape index (κ2) is 9.72. The molecular formula is C28H20BrNO3. The molecule has 4 aromatic rings. The van der Waals surface area contributed by atoms with E-state index < -0.39 is 0 Å². The first-order valence-corrected chi connectivity index (χ1v) is 11.1. The van der Waals surface area contributed by atoms with Gasteiger partial charge in [0.25, 0.3) is 0 Å². The molecule has 0 bridgehead atoms. The molecule has 0 saturated carbocycles. The maximum atomic E-state index is 13.2.